The molecule has 0 bridgehead atoms. The second-order valence-corrected chi connectivity index (χ2v) is 9.82. The van der Waals surface area contributed by atoms with Crippen molar-refractivity contribution in [3.63, 3.8) is 0 Å². The van der Waals surface area contributed by atoms with E-state index in [1.54, 1.807) is 12.4 Å². The van der Waals surface area contributed by atoms with Gasteiger partial charge in [0, 0.05) is 49.4 Å². The van der Waals surface area contributed by atoms with Crippen LogP contribution in [0, 0.1) is 11.8 Å². The topological polar surface area (TPSA) is 108 Å². The number of nitrogens with zero attached hydrogens (tertiary/aromatic N) is 5. The highest BCUT2D eigenvalue weighted by molar-refractivity contribution is 7.88. The van der Waals surface area contributed by atoms with Crippen LogP contribution in [0.4, 0.5) is 0 Å². The summed E-state index contributed by atoms with van der Waals surface area (Å²) in [5, 5.41) is 0. The van der Waals surface area contributed by atoms with Crippen LogP contribution in [-0.4, -0.2) is 65.1 Å². The first kappa shape index (κ1) is 18.7. The van der Waals surface area contributed by atoms with E-state index < -0.39 is 10.2 Å². The van der Waals surface area contributed by atoms with Gasteiger partial charge in [-0.05, 0) is 37.8 Å². The van der Waals surface area contributed by atoms with Crippen LogP contribution in [0.15, 0.2) is 29.1 Å². The molecule has 1 unspecified atom stereocenters. The Balaban J connectivity index is 1.35. The molecule has 2 fully saturated rings. The van der Waals surface area contributed by atoms with Gasteiger partial charge in [-0.1, -0.05) is 6.92 Å². The van der Waals surface area contributed by atoms with Crippen LogP contribution in [0.5, 0.6) is 0 Å². The van der Waals surface area contributed by atoms with Crippen LogP contribution in [-0.2, 0) is 10.2 Å². The number of imidazole rings is 1. The van der Waals surface area contributed by atoms with E-state index in [-0.39, 0.29) is 17.9 Å². The molecule has 10 heteroatoms. The molecule has 4 heterocycles. The molecule has 3 aromatic rings. The van der Waals surface area contributed by atoms with E-state index in [2.05, 4.69) is 40.3 Å². The first-order chi connectivity index (χ1) is 13.9. The predicted octanol–water partition coefficient (Wildman–Crippen LogP) is 1.56. The molecule has 0 radical (unpaired) electrons. The Morgan fingerprint density at radius 3 is 2.90 bits per heavy atom. The summed E-state index contributed by atoms with van der Waals surface area (Å²) in [6.45, 7) is 3.67. The van der Waals surface area contributed by atoms with Crippen molar-refractivity contribution in [2.45, 2.75) is 31.7 Å². The lowest BCUT2D eigenvalue weighted by atomic mass is 9.95. The van der Waals surface area contributed by atoms with Gasteiger partial charge in [0.05, 0.1) is 11.7 Å². The average molecular weight is 416 g/mol. The third kappa shape index (κ3) is 3.45. The lowest BCUT2D eigenvalue weighted by molar-refractivity contribution is 0.180. The summed E-state index contributed by atoms with van der Waals surface area (Å²) in [5.41, 5.74) is 3.82. The minimum absolute atomic E-state index is 0.0343. The molecule has 9 nitrogen and oxygen atoms in total. The molecular weight excluding hydrogens is 390 g/mol. The summed E-state index contributed by atoms with van der Waals surface area (Å²) < 4.78 is 33.2. The Bertz CT molecular complexity index is 1180. The van der Waals surface area contributed by atoms with Crippen molar-refractivity contribution >= 4 is 33.2 Å². The first-order valence-electron chi connectivity index (χ1n) is 9.95. The summed E-state index contributed by atoms with van der Waals surface area (Å²) in [7, 11) is -1.67. The molecule has 1 saturated carbocycles. The molecule has 2 aliphatic rings. The van der Waals surface area contributed by atoms with Crippen LogP contribution in [0.25, 0.3) is 16.8 Å². The van der Waals surface area contributed by atoms with Crippen LogP contribution in [0.3, 0.4) is 0 Å². The Hall–Kier alpha value is -2.30. The number of rotatable bonds is 5. The summed E-state index contributed by atoms with van der Waals surface area (Å²) >= 11 is 0. The van der Waals surface area contributed by atoms with E-state index in [1.165, 1.54) is 0 Å². The van der Waals surface area contributed by atoms with Gasteiger partial charge in [0.15, 0.2) is 11.3 Å². The molecule has 29 heavy (non-hydrogen) atoms. The minimum Gasteiger partial charge on any atom is -0.345 e. The highest BCUT2D eigenvalue weighted by atomic mass is 32.2. The maximum atomic E-state index is 12.2. The second-order valence-electron chi connectivity index (χ2n) is 8.43. The Kier molecular flexibility index (Phi) is 4.45. The number of hydrogen-bond acceptors (Lipinski definition) is 5. The van der Waals surface area contributed by atoms with Crippen molar-refractivity contribution in [3.8, 4) is 0 Å². The van der Waals surface area contributed by atoms with Gasteiger partial charge in [-0.3, -0.25) is 4.40 Å². The number of H-pyrrole nitrogens is 1. The van der Waals surface area contributed by atoms with Crippen molar-refractivity contribution in [3.05, 3.63) is 30.4 Å². The zero-order valence-electron chi connectivity index (χ0n) is 16.5. The van der Waals surface area contributed by atoms with Gasteiger partial charge in [0.1, 0.15) is 0 Å². The quantitative estimate of drug-likeness (QED) is 0.615. The SMILES string of the molecule is C[C@@H]1CC(C=NS(=O)(=O)NC2CN(C)C2)C[C@@H]1c1cnc2cnc3[nH]ccc3n12. The lowest BCUT2D eigenvalue weighted by Crippen LogP contribution is -2.57. The van der Waals surface area contributed by atoms with E-state index in [1.807, 2.05) is 25.5 Å². The number of aromatic amines is 1. The Labute approximate surface area is 169 Å². The largest absolute Gasteiger partial charge is 0.345 e. The highest BCUT2D eigenvalue weighted by Gasteiger charge is 2.34. The minimum atomic E-state index is -3.63. The fourth-order valence-electron chi connectivity index (χ4n) is 4.76. The highest BCUT2D eigenvalue weighted by Crippen LogP contribution is 2.42. The summed E-state index contributed by atoms with van der Waals surface area (Å²) in [5.74, 6) is 0.826. The third-order valence-electron chi connectivity index (χ3n) is 6.16. The Morgan fingerprint density at radius 1 is 1.28 bits per heavy atom. The summed E-state index contributed by atoms with van der Waals surface area (Å²) in [6, 6.07) is 1.97. The van der Waals surface area contributed by atoms with Gasteiger partial charge in [-0.25, -0.2) is 9.97 Å². The molecule has 3 aromatic heterocycles. The van der Waals surface area contributed by atoms with Crippen LogP contribution >= 0.6 is 0 Å². The molecule has 0 spiro atoms. The molecule has 0 aromatic carbocycles. The van der Waals surface area contributed by atoms with E-state index in [9.17, 15) is 8.42 Å². The van der Waals surface area contributed by atoms with Gasteiger partial charge < -0.3 is 9.88 Å². The predicted molar refractivity (Wildman–Crippen MR) is 111 cm³/mol. The number of likely N-dealkylation sites (N-methyl/N-ethyl adjacent to an activating group) is 1. The van der Waals surface area contributed by atoms with Crippen LogP contribution in [0.1, 0.15) is 31.4 Å². The van der Waals surface area contributed by atoms with Crippen LogP contribution < -0.4 is 4.72 Å². The standard InChI is InChI=1S/C19H25N7O2S/c1-12-5-13(7-23-29(27,28)24-14-10-25(2)11-14)6-15(12)17-8-21-18-9-22-19-16(26(17)18)3-4-20-19/h3-4,7-9,12-15,20,24H,5-6,10-11H2,1-2H3/t12-,13?,15+/m1/s1. The van der Waals surface area contributed by atoms with E-state index in [0.29, 0.717) is 5.92 Å². The van der Waals surface area contributed by atoms with E-state index >= 15 is 0 Å². The number of fused-ring (bicyclic) bond motifs is 3. The number of hydrogen-bond donors (Lipinski definition) is 2. The van der Waals surface area contributed by atoms with Crippen LogP contribution in [0.2, 0.25) is 0 Å². The molecule has 5 rings (SSSR count). The monoisotopic (exact) mass is 415 g/mol. The summed E-state index contributed by atoms with van der Waals surface area (Å²) in [6.07, 6.45) is 8.97. The molecule has 1 aliphatic heterocycles. The van der Waals surface area contributed by atoms with Gasteiger partial charge >= 0.3 is 10.2 Å². The Morgan fingerprint density at radius 2 is 2.10 bits per heavy atom. The number of likely N-dealkylation sites (tertiary alicyclic amines) is 1. The second kappa shape index (κ2) is 6.89. The molecule has 0 amide bonds. The molecule has 1 aliphatic carbocycles. The van der Waals surface area contributed by atoms with E-state index in [0.717, 1.165) is 48.4 Å². The zero-order valence-corrected chi connectivity index (χ0v) is 17.3. The van der Waals surface area contributed by atoms with Crippen molar-refractivity contribution in [1.82, 2.24) is 29.0 Å². The molecule has 154 valence electrons. The van der Waals surface area contributed by atoms with Crippen molar-refractivity contribution in [2.75, 3.05) is 20.1 Å². The maximum Gasteiger partial charge on any atom is 0.319 e. The summed E-state index contributed by atoms with van der Waals surface area (Å²) in [4.78, 5) is 14.1. The lowest BCUT2D eigenvalue weighted by Gasteiger charge is -2.35. The van der Waals surface area contributed by atoms with Crippen molar-refractivity contribution in [2.24, 2.45) is 16.2 Å². The number of aromatic nitrogens is 4. The smallest absolute Gasteiger partial charge is 0.319 e. The molecular formula is C19H25N7O2S. The fraction of sp³-hybridized carbons (Fsp3) is 0.526. The third-order valence-corrected chi connectivity index (χ3v) is 7.19. The molecule has 2 N–H and O–H groups in total. The van der Waals surface area contributed by atoms with Gasteiger partial charge in [-0.2, -0.15) is 17.5 Å². The normalized spacial score (nSPS) is 26.8. The first-order valence-corrected chi connectivity index (χ1v) is 11.4. The van der Waals surface area contributed by atoms with Gasteiger partial charge in [0.2, 0.25) is 0 Å². The van der Waals surface area contributed by atoms with Gasteiger partial charge in [-0.15, -0.1) is 0 Å². The van der Waals surface area contributed by atoms with E-state index in [4.69, 9.17) is 0 Å². The van der Waals surface area contributed by atoms with Crippen molar-refractivity contribution in [1.29, 1.82) is 0 Å². The fourth-order valence-corrected chi connectivity index (χ4v) is 5.73. The number of nitrogens with one attached hydrogen (secondary N) is 2. The maximum absolute atomic E-state index is 12.2. The zero-order chi connectivity index (χ0) is 20.2. The molecule has 3 atom stereocenters. The van der Waals surface area contributed by atoms with Gasteiger partial charge in [0.25, 0.3) is 0 Å². The average Bonchev–Trinajstić information content (AvgIpc) is 3.35. The van der Waals surface area contributed by atoms with Crippen molar-refractivity contribution < 1.29 is 8.42 Å². The molecule has 1 saturated heterocycles.